The van der Waals surface area contributed by atoms with Crippen LogP contribution in [0.2, 0.25) is 0 Å². The van der Waals surface area contributed by atoms with Crippen LogP contribution in [0.1, 0.15) is 20.3 Å². The second-order valence-electron chi connectivity index (χ2n) is 3.33. The van der Waals surface area contributed by atoms with Crippen LogP contribution in [0, 0.1) is 5.92 Å². The summed E-state index contributed by atoms with van der Waals surface area (Å²) in [7, 11) is 1.31. The van der Waals surface area contributed by atoms with E-state index in [2.05, 4.69) is 15.4 Å². The number of ether oxygens (including phenoxy) is 1. The summed E-state index contributed by atoms with van der Waals surface area (Å²) in [6, 6.07) is -0.323. The van der Waals surface area contributed by atoms with Crippen LogP contribution in [0.25, 0.3) is 0 Å². The van der Waals surface area contributed by atoms with Crippen LogP contribution in [0.3, 0.4) is 0 Å². The maximum Gasteiger partial charge on any atom is 0.318 e. The lowest BCUT2D eigenvalue weighted by Gasteiger charge is -2.03. The number of allylic oxidation sites excluding steroid dienone is 1. The maximum atomic E-state index is 11.1. The highest BCUT2D eigenvalue weighted by Gasteiger charge is 2.01. The summed E-state index contributed by atoms with van der Waals surface area (Å²) in [5, 5.41) is 5.04. The summed E-state index contributed by atoms with van der Waals surface area (Å²) >= 11 is 0. The van der Waals surface area contributed by atoms with E-state index in [0.717, 1.165) is 0 Å². The first-order valence-electron chi connectivity index (χ1n) is 4.84. The van der Waals surface area contributed by atoms with E-state index in [1.54, 1.807) is 6.20 Å². The standard InChI is InChI=1S/C10H18N2O3/c1-8(2)4-6-11-10(14)12-7-5-9(13)15-3/h4,6,8H,5,7H2,1-3H3,(H2,11,12,14)/b6-4+. The zero-order chi connectivity index (χ0) is 11.7. The summed E-state index contributed by atoms with van der Waals surface area (Å²) in [6.07, 6.45) is 3.62. The number of hydrogen-bond donors (Lipinski definition) is 2. The molecule has 0 radical (unpaired) electrons. The van der Waals surface area contributed by atoms with Crippen LogP contribution in [0.5, 0.6) is 0 Å². The lowest BCUT2D eigenvalue weighted by Crippen LogP contribution is -2.33. The highest BCUT2D eigenvalue weighted by Crippen LogP contribution is 1.90. The van der Waals surface area contributed by atoms with Crippen molar-refractivity contribution < 1.29 is 14.3 Å². The number of amides is 2. The molecule has 2 amide bonds. The Morgan fingerprint density at radius 1 is 1.40 bits per heavy atom. The van der Waals surface area contributed by atoms with E-state index in [1.165, 1.54) is 7.11 Å². The molecule has 86 valence electrons. The SMILES string of the molecule is COC(=O)CCNC(=O)N/C=C/C(C)C. The smallest absolute Gasteiger partial charge is 0.318 e. The van der Waals surface area contributed by atoms with Crippen molar-refractivity contribution in [1.82, 2.24) is 10.6 Å². The Morgan fingerprint density at radius 3 is 2.60 bits per heavy atom. The van der Waals surface area contributed by atoms with Gasteiger partial charge in [-0.3, -0.25) is 4.79 Å². The molecule has 0 aromatic carbocycles. The molecule has 5 heteroatoms. The van der Waals surface area contributed by atoms with E-state index in [9.17, 15) is 9.59 Å². The number of methoxy groups -OCH3 is 1. The van der Waals surface area contributed by atoms with Gasteiger partial charge in [0.2, 0.25) is 0 Å². The molecule has 0 saturated heterocycles. The van der Waals surface area contributed by atoms with Crippen molar-refractivity contribution in [3.8, 4) is 0 Å². The van der Waals surface area contributed by atoms with Crippen molar-refractivity contribution in [1.29, 1.82) is 0 Å². The van der Waals surface area contributed by atoms with Crippen molar-refractivity contribution >= 4 is 12.0 Å². The van der Waals surface area contributed by atoms with Gasteiger partial charge in [0.15, 0.2) is 0 Å². The number of esters is 1. The Bertz CT molecular complexity index is 237. The van der Waals surface area contributed by atoms with Crippen molar-refractivity contribution in [3.63, 3.8) is 0 Å². The van der Waals surface area contributed by atoms with E-state index in [4.69, 9.17) is 0 Å². The molecule has 0 saturated carbocycles. The minimum atomic E-state index is -0.340. The van der Waals surface area contributed by atoms with Crippen LogP contribution in [-0.2, 0) is 9.53 Å². The van der Waals surface area contributed by atoms with Gasteiger partial charge in [-0.25, -0.2) is 4.79 Å². The molecule has 0 aliphatic rings. The Morgan fingerprint density at radius 2 is 2.07 bits per heavy atom. The van der Waals surface area contributed by atoms with Gasteiger partial charge in [0.05, 0.1) is 13.5 Å². The minimum Gasteiger partial charge on any atom is -0.469 e. The average Bonchev–Trinajstić information content (AvgIpc) is 2.17. The third kappa shape index (κ3) is 8.80. The number of rotatable bonds is 5. The molecule has 15 heavy (non-hydrogen) atoms. The fraction of sp³-hybridized carbons (Fsp3) is 0.600. The highest BCUT2D eigenvalue weighted by molar-refractivity contribution is 5.76. The maximum absolute atomic E-state index is 11.1. The highest BCUT2D eigenvalue weighted by atomic mass is 16.5. The van der Waals surface area contributed by atoms with Gasteiger partial charge in [-0.15, -0.1) is 0 Å². The second kappa shape index (κ2) is 7.84. The van der Waals surface area contributed by atoms with Crippen LogP contribution in [-0.4, -0.2) is 25.7 Å². The van der Waals surface area contributed by atoms with E-state index in [1.807, 2.05) is 19.9 Å². The van der Waals surface area contributed by atoms with Gasteiger partial charge >= 0.3 is 12.0 Å². The third-order valence-corrected chi connectivity index (χ3v) is 1.54. The largest absolute Gasteiger partial charge is 0.469 e. The molecule has 0 aromatic rings. The average molecular weight is 214 g/mol. The second-order valence-corrected chi connectivity index (χ2v) is 3.33. The molecule has 5 nitrogen and oxygen atoms in total. The Balaban J connectivity index is 3.54. The number of urea groups is 1. The van der Waals surface area contributed by atoms with Gasteiger partial charge in [-0.1, -0.05) is 19.9 Å². The first kappa shape index (κ1) is 13.5. The first-order valence-corrected chi connectivity index (χ1v) is 4.84. The van der Waals surface area contributed by atoms with Crippen LogP contribution in [0.15, 0.2) is 12.3 Å². The predicted octanol–water partition coefficient (Wildman–Crippen LogP) is 1.02. The summed E-state index contributed by atoms with van der Waals surface area (Å²) in [6.45, 7) is 4.29. The summed E-state index contributed by atoms with van der Waals surface area (Å²) in [5.41, 5.74) is 0. The fourth-order valence-electron chi connectivity index (χ4n) is 0.747. The summed E-state index contributed by atoms with van der Waals surface area (Å²) < 4.78 is 4.42. The van der Waals surface area contributed by atoms with E-state index >= 15 is 0 Å². The molecule has 0 bridgehead atoms. The van der Waals surface area contributed by atoms with E-state index in [0.29, 0.717) is 5.92 Å². The summed E-state index contributed by atoms with van der Waals surface area (Å²) in [4.78, 5) is 21.8. The van der Waals surface area contributed by atoms with Crippen LogP contribution in [0.4, 0.5) is 4.79 Å². The molecule has 0 rings (SSSR count). The number of carbonyl (C=O) groups excluding carboxylic acids is 2. The molecule has 0 aliphatic carbocycles. The zero-order valence-corrected chi connectivity index (χ0v) is 9.37. The van der Waals surface area contributed by atoms with Crippen molar-refractivity contribution in [2.45, 2.75) is 20.3 Å². The quantitative estimate of drug-likeness (QED) is 0.671. The normalized spacial score (nSPS) is 10.4. The summed E-state index contributed by atoms with van der Waals surface area (Å²) in [5.74, 6) is 0.0494. The van der Waals surface area contributed by atoms with Gasteiger partial charge in [0, 0.05) is 12.7 Å². The lowest BCUT2D eigenvalue weighted by atomic mass is 10.2. The molecule has 0 aliphatic heterocycles. The molecule has 0 heterocycles. The topological polar surface area (TPSA) is 67.4 Å². The van der Waals surface area contributed by atoms with Gasteiger partial charge in [-0.05, 0) is 5.92 Å². The van der Waals surface area contributed by atoms with Crippen LogP contribution < -0.4 is 10.6 Å². The Labute approximate surface area is 89.9 Å². The van der Waals surface area contributed by atoms with Gasteiger partial charge < -0.3 is 15.4 Å². The molecule has 0 aromatic heterocycles. The Hall–Kier alpha value is -1.52. The van der Waals surface area contributed by atoms with Crippen LogP contribution >= 0.6 is 0 Å². The lowest BCUT2D eigenvalue weighted by molar-refractivity contribution is -0.140. The minimum absolute atomic E-state index is 0.178. The van der Waals surface area contributed by atoms with Gasteiger partial charge in [0.1, 0.15) is 0 Å². The molecule has 0 unspecified atom stereocenters. The molecule has 2 N–H and O–H groups in total. The first-order chi connectivity index (χ1) is 7.06. The third-order valence-electron chi connectivity index (χ3n) is 1.54. The monoisotopic (exact) mass is 214 g/mol. The van der Waals surface area contributed by atoms with Gasteiger partial charge in [-0.2, -0.15) is 0 Å². The molecular formula is C10H18N2O3. The zero-order valence-electron chi connectivity index (χ0n) is 9.37. The molecule has 0 atom stereocenters. The van der Waals surface area contributed by atoms with Gasteiger partial charge in [0.25, 0.3) is 0 Å². The molecule has 0 spiro atoms. The van der Waals surface area contributed by atoms with Crippen molar-refractivity contribution in [2.75, 3.05) is 13.7 Å². The van der Waals surface area contributed by atoms with E-state index < -0.39 is 0 Å². The molecule has 0 fully saturated rings. The predicted molar refractivity (Wildman–Crippen MR) is 57.1 cm³/mol. The van der Waals surface area contributed by atoms with E-state index in [-0.39, 0.29) is 25.0 Å². The number of hydrogen-bond acceptors (Lipinski definition) is 3. The van der Waals surface area contributed by atoms with Crippen molar-refractivity contribution in [3.05, 3.63) is 12.3 Å². The fourth-order valence-corrected chi connectivity index (χ4v) is 0.747. The number of carbonyl (C=O) groups is 2. The molecular weight excluding hydrogens is 196 g/mol. The van der Waals surface area contributed by atoms with Crippen molar-refractivity contribution in [2.24, 2.45) is 5.92 Å². The Kier molecular flexibility index (Phi) is 7.05. The number of nitrogens with one attached hydrogen (secondary N) is 2.